The monoisotopic (exact) mass is 735 g/mol. The van der Waals surface area contributed by atoms with Crippen LogP contribution in [0.25, 0.3) is 0 Å². The summed E-state index contributed by atoms with van der Waals surface area (Å²) in [5, 5.41) is 23.0. The second-order valence-electron chi connectivity index (χ2n) is 12.7. The Morgan fingerprint density at radius 1 is 0.961 bits per heavy atom. The maximum absolute atomic E-state index is 14.2. The van der Waals surface area contributed by atoms with Crippen LogP contribution in [0.3, 0.4) is 0 Å². The van der Waals surface area contributed by atoms with Crippen molar-refractivity contribution in [3.8, 4) is 17.2 Å². The molecular formula is C38H39Cl2N3O8. The SMILES string of the molecule is COc1ccc(N(Cc2cccc(C(=O)O)c2[C@@H](Cc2c(Cl)c[n+]([O-])cc2Cl)c2ccc(OC)c(OC)c2)C(=O)O[C@H]2CN3CCC2CC3)cc1. The van der Waals surface area contributed by atoms with E-state index in [0.29, 0.717) is 56.5 Å². The molecule has 3 fully saturated rings. The molecule has 0 unspecified atom stereocenters. The Labute approximate surface area is 306 Å². The van der Waals surface area contributed by atoms with E-state index in [-0.39, 0.29) is 40.6 Å². The van der Waals surface area contributed by atoms with Gasteiger partial charge in [-0.25, -0.2) is 9.59 Å². The molecule has 0 radical (unpaired) electrons. The number of carboxylic acids is 1. The van der Waals surface area contributed by atoms with Crippen molar-refractivity contribution in [1.29, 1.82) is 0 Å². The van der Waals surface area contributed by atoms with Crippen molar-refractivity contribution in [1.82, 2.24) is 4.90 Å². The lowest BCUT2D eigenvalue weighted by molar-refractivity contribution is -0.605. The summed E-state index contributed by atoms with van der Waals surface area (Å²) in [6.07, 6.45) is 3.66. The standard InChI is InChI=1S/C38H39Cl2N3O8/c1-48-27-10-8-26(9-11-27)43(38(46)51-35-22-41-15-13-23(35)14-16-41)19-25-5-4-6-28(37(44)45)36(25)29(18-30-31(39)20-42(47)21-32(30)40)24-7-12-33(49-2)34(17-24)50-3/h4-12,17,20-21,23,29,35H,13-16,18-19,22H2,1-3H3,(H,44,45)/t29-,35-/m0/s1. The van der Waals surface area contributed by atoms with Crippen molar-refractivity contribution in [2.24, 2.45) is 5.92 Å². The Morgan fingerprint density at radius 3 is 2.24 bits per heavy atom. The van der Waals surface area contributed by atoms with Crippen LogP contribution in [0.15, 0.2) is 73.1 Å². The molecule has 3 aliphatic heterocycles. The van der Waals surface area contributed by atoms with Gasteiger partial charge in [0.1, 0.15) is 21.9 Å². The van der Waals surface area contributed by atoms with Gasteiger partial charge in [0.25, 0.3) is 0 Å². The third kappa shape index (κ3) is 7.80. The molecule has 51 heavy (non-hydrogen) atoms. The van der Waals surface area contributed by atoms with E-state index < -0.39 is 18.0 Å². The Morgan fingerprint density at radius 2 is 1.65 bits per heavy atom. The predicted octanol–water partition coefficient (Wildman–Crippen LogP) is 6.96. The molecule has 13 heteroatoms. The molecule has 0 spiro atoms. The van der Waals surface area contributed by atoms with Crippen molar-refractivity contribution < 1.29 is 38.4 Å². The van der Waals surface area contributed by atoms with Gasteiger partial charge in [-0.3, -0.25) is 9.80 Å². The number of ether oxygens (including phenoxy) is 4. The summed E-state index contributed by atoms with van der Waals surface area (Å²) in [7, 11) is 4.60. The molecule has 1 aromatic heterocycles. The summed E-state index contributed by atoms with van der Waals surface area (Å²) in [5.41, 5.74) is 2.67. The number of fused-ring (bicyclic) bond motifs is 3. The van der Waals surface area contributed by atoms with Gasteiger partial charge in [0.2, 0.25) is 0 Å². The molecule has 4 aromatic rings. The highest BCUT2D eigenvalue weighted by Gasteiger charge is 2.38. The number of pyridine rings is 1. The summed E-state index contributed by atoms with van der Waals surface area (Å²) in [5.74, 6) is -0.0483. The van der Waals surface area contributed by atoms with Crippen LogP contribution in [0.5, 0.6) is 17.2 Å². The average Bonchev–Trinajstić information content (AvgIpc) is 3.13. The number of hydrogen-bond acceptors (Lipinski definition) is 8. The second kappa shape index (κ2) is 15.7. The minimum Gasteiger partial charge on any atom is -0.619 e. The maximum atomic E-state index is 14.2. The largest absolute Gasteiger partial charge is 0.619 e. The topological polar surface area (TPSA) is 125 Å². The number of carbonyl (C=O) groups excluding carboxylic acids is 1. The smallest absolute Gasteiger partial charge is 0.414 e. The van der Waals surface area contributed by atoms with Crippen molar-refractivity contribution >= 4 is 41.0 Å². The Bertz CT molecular complexity index is 1880. The molecule has 4 heterocycles. The lowest BCUT2D eigenvalue weighted by atomic mass is 9.80. The first-order chi connectivity index (χ1) is 24.6. The van der Waals surface area contributed by atoms with Gasteiger partial charge in [-0.2, -0.15) is 4.73 Å². The van der Waals surface area contributed by atoms with E-state index in [2.05, 4.69) is 4.90 Å². The van der Waals surface area contributed by atoms with Gasteiger partial charge in [-0.1, -0.05) is 41.4 Å². The van der Waals surface area contributed by atoms with Crippen LogP contribution in [-0.4, -0.2) is 69.1 Å². The molecule has 0 aliphatic carbocycles. The fourth-order valence-corrected chi connectivity index (χ4v) is 7.76. The average molecular weight is 737 g/mol. The second-order valence-corrected chi connectivity index (χ2v) is 13.5. The van der Waals surface area contributed by atoms with Crippen molar-refractivity contribution in [3.63, 3.8) is 0 Å². The van der Waals surface area contributed by atoms with Crippen LogP contribution in [0.4, 0.5) is 10.5 Å². The first-order valence-electron chi connectivity index (χ1n) is 16.6. The van der Waals surface area contributed by atoms with E-state index >= 15 is 0 Å². The summed E-state index contributed by atoms with van der Waals surface area (Å²) >= 11 is 13.2. The van der Waals surface area contributed by atoms with Gasteiger partial charge in [-0.05, 0) is 97.4 Å². The molecule has 1 amide bonds. The number of amides is 1. The molecule has 0 saturated carbocycles. The number of nitrogens with zero attached hydrogens (tertiary/aromatic N) is 3. The highest BCUT2D eigenvalue weighted by molar-refractivity contribution is 6.35. The van der Waals surface area contributed by atoms with Gasteiger partial charge in [0, 0.05) is 23.7 Å². The number of hydrogen-bond donors (Lipinski definition) is 1. The van der Waals surface area contributed by atoms with Crippen LogP contribution in [0.1, 0.15) is 51.4 Å². The predicted molar refractivity (Wildman–Crippen MR) is 193 cm³/mol. The minimum absolute atomic E-state index is 0.0230. The van der Waals surface area contributed by atoms with E-state index in [4.69, 9.17) is 42.1 Å². The zero-order chi connectivity index (χ0) is 36.2. The van der Waals surface area contributed by atoms with Crippen LogP contribution < -0.4 is 23.8 Å². The quantitative estimate of drug-likeness (QED) is 0.121. The van der Waals surface area contributed by atoms with E-state index in [0.717, 1.165) is 25.9 Å². The van der Waals surface area contributed by atoms with E-state index in [1.165, 1.54) is 37.6 Å². The van der Waals surface area contributed by atoms with Crippen LogP contribution in [0, 0.1) is 11.1 Å². The molecule has 3 aliphatic rings. The number of halogens is 2. The molecule has 2 atom stereocenters. The summed E-state index contributed by atoms with van der Waals surface area (Å²) in [6, 6.07) is 17.4. The van der Waals surface area contributed by atoms with Crippen molar-refractivity contribution in [3.05, 3.63) is 116 Å². The summed E-state index contributed by atoms with van der Waals surface area (Å²) < 4.78 is 23.2. The number of methoxy groups -OCH3 is 3. The fourth-order valence-electron chi connectivity index (χ4n) is 7.17. The Balaban J connectivity index is 1.49. The minimum atomic E-state index is -1.16. The normalized spacial score (nSPS) is 18.5. The zero-order valence-corrected chi connectivity index (χ0v) is 30.0. The lowest BCUT2D eigenvalue weighted by Crippen LogP contribution is -2.53. The number of carbonyl (C=O) groups is 2. The molecule has 7 rings (SSSR count). The zero-order valence-electron chi connectivity index (χ0n) is 28.5. The number of carboxylic acid groups (broad SMARTS) is 1. The summed E-state index contributed by atoms with van der Waals surface area (Å²) in [6.45, 7) is 2.64. The molecule has 268 valence electrons. The highest BCUT2D eigenvalue weighted by Crippen LogP contribution is 2.41. The fraction of sp³-hybridized carbons (Fsp3) is 0.342. The van der Waals surface area contributed by atoms with Gasteiger partial charge in [0.05, 0.1) is 33.4 Å². The molecule has 1 N–H and O–H groups in total. The van der Waals surface area contributed by atoms with Crippen LogP contribution >= 0.6 is 23.2 Å². The van der Waals surface area contributed by atoms with Crippen molar-refractivity contribution in [2.45, 2.75) is 37.8 Å². The molecular weight excluding hydrogens is 697 g/mol. The van der Waals surface area contributed by atoms with Gasteiger partial charge >= 0.3 is 12.1 Å². The molecule has 3 saturated heterocycles. The first kappa shape index (κ1) is 36.1. The third-order valence-corrected chi connectivity index (χ3v) is 10.5. The van der Waals surface area contributed by atoms with Crippen molar-refractivity contribution in [2.75, 3.05) is 45.9 Å². The van der Waals surface area contributed by atoms with E-state index in [1.807, 2.05) is 6.07 Å². The Hall–Kier alpha value is -4.71. The third-order valence-electron chi connectivity index (χ3n) is 9.83. The Kier molecular flexibility index (Phi) is 11.1. The van der Waals surface area contributed by atoms with Gasteiger partial charge < -0.3 is 29.3 Å². The van der Waals surface area contributed by atoms with E-state index in [9.17, 15) is 19.9 Å². The highest BCUT2D eigenvalue weighted by atomic mass is 35.5. The summed E-state index contributed by atoms with van der Waals surface area (Å²) in [4.78, 5) is 31.1. The number of aromatic carboxylic acids is 1. The number of aromatic nitrogens is 1. The number of benzene rings is 3. The molecule has 11 nitrogen and oxygen atoms in total. The first-order valence-corrected chi connectivity index (χ1v) is 17.3. The van der Waals surface area contributed by atoms with Crippen LogP contribution in [0.2, 0.25) is 10.0 Å². The molecule has 2 bridgehead atoms. The number of anilines is 1. The molecule has 3 aromatic carbocycles. The van der Waals surface area contributed by atoms with Gasteiger partial charge in [0.15, 0.2) is 23.9 Å². The number of piperidine rings is 3. The maximum Gasteiger partial charge on any atom is 0.414 e. The van der Waals surface area contributed by atoms with Gasteiger partial charge in [-0.15, -0.1) is 0 Å². The van der Waals surface area contributed by atoms with E-state index in [1.54, 1.807) is 55.6 Å². The van der Waals surface area contributed by atoms with Crippen LogP contribution in [-0.2, 0) is 17.7 Å². The number of rotatable bonds is 12. The lowest BCUT2D eigenvalue weighted by Gasteiger charge is -2.44.